The third-order valence-corrected chi connectivity index (χ3v) is 7.34. The number of carbonyl (C=O) groups is 1. The lowest BCUT2D eigenvalue weighted by molar-refractivity contribution is -0.385. The van der Waals surface area contributed by atoms with Crippen molar-refractivity contribution in [3.05, 3.63) is 33.9 Å². The summed E-state index contributed by atoms with van der Waals surface area (Å²) in [6.07, 6.45) is 5.70. The van der Waals surface area contributed by atoms with Gasteiger partial charge in [-0.15, -0.1) is 0 Å². The first-order chi connectivity index (χ1) is 14.9. The summed E-state index contributed by atoms with van der Waals surface area (Å²) in [6.45, 7) is 4.70. The summed E-state index contributed by atoms with van der Waals surface area (Å²) in [5.41, 5.74) is 0.240. The fourth-order valence-electron chi connectivity index (χ4n) is 4.13. The number of benzene rings is 1. The maximum absolute atomic E-state index is 13.0. The van der Waals surface area contributed by atoms with Gasteiger partial charge in [-0.2, -0.15) is 0 Å². The van der Waals surface area contributed by atoms with Crippen molar-refractivity contribution < 1.29 is 14.5 Å². The molecule has 0 aromatic heterocycles. The van der Waals surface area contributed by atoms with Gasteiger partial charge in [-0.05, 0) is 62.6 Å². The van der Waals surface area contributed by atoms with Crippen molar-refractivity contribution >= 4 is 23.5 Å². The Morgan fingerprint density at radius 1 is 1.26 bits per heavy atom. The summed E-state index contributed by atoms with van der Waals surface area (Å²) in [4.78, 5) is 26.8. The molecule has 1 aliphatic heterocycles. The number of hydrogen-bond acceptors (Lipinski definition) is 6. The van der Waals surface area contributed by atoms with Gasteiger partial charge in [0.2, 0.25) is 5.91 Å². The maximum Gasteiger partial charge on any atom is 0.286 e. The summed E-state index contributed by atoms with van der Waals surface area (Å²) in [7, 11) is 0. The molecule has 1 heterocycles. The predicted octanol–water partition coefficient (Wildman–Crippen LogP) is 3.76. The molecule has 0 spiro atoms. The zero-order valence-electron chi connectivity index (χ0n) is 17.9. The number of rotatable bonds is 5. The second kappa shape index (κ2) is 9.60. The molecule has 0 atom stereocenters. The number of nitrogens with zero attached hydrogens (tertiary/aromatic N) is 2. The van der Waals surface area contributed by atoms with E-state index in [0.717, 1.165) is 43.4 Å². The van der Waals surface area contributed by atoms with Gasteiger partial charge in [0.15, 0.2) is 0 Å². The van der Waals surface area contributed by atoms with Crippen molar-refractivity contribution in [2.45, 2.75) is 56.4 Å². The SMILES string of the molecule is CC1(C(=O)N2CCOCC2)CCC(NSc2ccc(C#CC3CC3)c([N+](=O)[O-])c2)CC1. The Morgan fingerprint density at radius 2 is 1.97 bits per heavy atom. The van der Waals surface area contributed by atoms with E-state index in [0.29, 0.717) is 37.8 Å². The highest BCUT2D eigenvalue weighted by molar-refractivity contribution is 7.97. The van der Waals surface area contributed by atoms with Crippen LogP contribution in [0, 0.1) is 33.3 Å². The minimum Gasteiger partial charge on any atom is -0.378 e. The number of nitro groups is 1. The Balaban J connectivity index is 1.31. The van der Waals surface area contributed by atoms with Crippen LogP contribution in [-0.2, 0) is 9.53 Å². The van der Waals surface area contributed by atoms with Crippen molar-refractivity contribution in [2.24, 2.45) is 11.3 Å². The number of nitrogens with one attached hydrogen (secondary N) is 1. The number of ether oxygens (including phenoxy) is 1. The van der Waals surface area contributed by atoms with E-state index in [1.807, 2.05) is 11.0 Å². The third-order valence-electron chi connectivity index (χ3n) is 6.40. The van der Waals surface area contributed by atoms with E-state index in [1.165, 1.54) is 11.9 Å². The highest BCUT2D eigenvalue weighted by Gasteiger charge is 2.40. The molecule has 166 valence electrons. The zero-order valence-corrected chi connectivity index (χ0v) is 18.7. The monoisotopic (exact) mass is 443 g/mol. The Hall–Kier alpha value is -2.08. The predicted molar refractivity (Wildman–Crippen MR) is 119 cm³/mol. The standard InChI is InChI=1S/C23H29N3O4S/c1-23(22(27)25-12-14-30-15-13-25)10-8-19(9-11-23)24-31-20-7-6-18(5-4-17-2-3-17)21(16-20)26(28)29/h6-7,16-17,19,24H,2-3,8-15H2,1H3. The van der Waals surface area contributed by atoms with E-state index in [-0.39, 0.29) is 28.0 Å². The number of amides is 1. The molecule has 1 amide bonds. The van der Waals surface area contributed by atoms with Gasteiger partial charge in [-0.25, -0.2) is 0 Å². The third kappa shape index (κ3) is 5.59. The van der Waals surface area contributed by atoms with Crippen molar-refractivity contribution in [3.63, 3.8) is 0 Å². The molecular formula is C23H29N3O4S. The van der Waals surface area contributed by atoms with Crippen LogP contribution >= 0.6 is 11.9 Å². The molecule has 4 rings (SSSR count). The molecule has 2 saturated carbocycles. The minimum absolute atomic E-state index is 0.0623. The first kappa shape index (κ1) is 22.1. The molecule has 31 heavy (non-hydrogen) atoms. The molecule has 2 aliphatic carbocycles. The van der Waals surface area contributed by atoms with E-state index in [4.69, 9.17) is 4.74 Å². The van der Waals surface area contributed by atoms with E-state index < -0.39 is 0 Å². The fourth-order valence-corrected chi connectivity index (χ4v) is 4.97. The average Bonchev–Trinajstić information content (AvgIpc) is 3.62. The number of morpholine rings is 1. The van der Waals surface area contributed by atoms with Gasteiger partial charge in [0, 0.05) is 41.4 Å². The molecule has 7 nitrogen and oxygen atoms in total. The zero-order chi connectivity index (χ0) is 21.8. The summed E-state index contributed by atoms with van der Waals surface area (Å²) in [6, 6.07) is 5.51. The molecule has 0 bridgehead atoms. The molecule has 1 aromatic carbocycles. The topological polar surface area (TPSA) is 84.7 Å². The maximum atomic E-state index is 13.0. The molecular weight excluding hydrogens is 414 g/mol. The van der Waals surface area contributed by atoms with Crippen molar-refractivity contribution in [1.29, 1.82) is 0 Å². The summed E-state index contributed by atoms with van der Waals surface area (Å²) in [5, 5.41) is 11.5. The Labute approximate surface area is 187 Å². The molecule has 1 N–H and O–H groups in total. The van der Waals surface area contributed by atoms with Crippen LogP contribution < -0.4 is 4.72 Å². The Morgan fingerprint density at radius 3 is 2.61 bits per heavy atom. The summed E-state index contributed by atoms with van der Waals surface area (Å²) >= 11 is 1.43. The number of hydrogen-bond donors (Lipinski definition) is 1. The van der Waals surface area contributed by atoms with Crippen molar-refractivity contribution in [3.8, 4) is 11.8 Å². The second-order valence-corrected chi connectivity index (χ2v) is 9.85. The second-order valence-electron chi connectivity index (χ2n) is 8.94. The molecule has 3 aliphatic rings. The lowest BCUT2D eigenvalue weighted by Gasteiger charge is -2.40. The van der Waals surface area contributed by atoms with Gasteiger partial charge in [-0.1, -0.05) is 18.8 Å². The molecule has 0 radical (unpaired) electrons. The smallest absolute Gasteiger partial charge is 0.286 e. The summed E-state index contributed by atoms with van der Waals surface area (Å²) < 4.78 is 8.82. The normalized spacial score (nSPS) is 26.1. The van der Waals surface area contributed by atoms with Crippen LogP contribution in [0.4, 0.5) is 5.69 Å². The lowest BCUT2D eigenvalue weighted by Crippen LogP contribution is -2.49. The van der Waals surface area contributed by atoms with Gasteiger partial charge in [0.05, 0.1) is 18.1 Å². The van der Waals surface area contributed by atoms with E-state index in [1.54, 1.807) is 12.1 Å². The quantitative estimate of drug-likeness (QED) is 0.323. The van der Waals surface area contributed by atoms with Crippen molar-refractivity contribution in [1.82, 2.24) is 9.62 Å². The van der Waals surface area contributed by atoms with Gasteiger partial charge >= 0.3 is 0 Å². The van der Waals surface area contributed by atoms with Crippen LogP contribution in [0.1, 0.15) is 51.0 Å². The van der Waals surface area contributed by atoms with Crippen LogP contribution in [0.3, 0.4) is 0 Å². The molecule has 1 aromatic rings. The van der Waals surface area contributed by atoms with Gasteiger partial charge in [0.1, 0.15) is 5.56 Å². The highest BCUT2D eigenvalue weighted by atomic mass is 32.2. The number of nitro benzene ring substituents is 1. The molecule has 0 unspecified atom stereocenters. The van der Waals surface area contributed by atoms with Crippen LogP contribution in [0.15, 0.2) is 23.1 Å². The van der Waals surface area contributed by atoms with Crippen LogP contribution in [-0.4, -0.2) is 48.1 Å². The molecule has 8 heteroatoms. The van der Waals surface area contributed by atoms with Gasteiger partial charge < -0.3 is 9.64 Å². The highest BCUT2D eigenvalue weighted by Crippen LogP contribution is 2.39. The molecule has 1 saturated heterocycles. The molecule has 3 fully saturated rings. The fraction of sp³-hybridized carbons (Fsp3) is 0.609. The van der Waals surface area contributed by atoms with Gasteiger partial charge in [-0.3, -0.25) is 19.6 Å². The first-order valence-corrected chi connectivity index (χ1v) is 11.9. The van der Waals surface area contributed by atoms with Gasteiger partial charge in [0.25, 0.3) is 5.69 Å². The first-order valence-electron chi connectivity index (χ1n) is 11.0. The minimum atomic E-state index is -0.357. The average molecular weight is 444 g/mol. The Kier molecular flexibility index (Phi) is 6.85. The summed E-state index contributed by atoms with van der Waals surface area (Å²) in [5.74, 6) is 6.72. The van der Waals surface area contributed by atoms with Crippen LogP contribution in [0.2, 0.25) is 0 Å². The van der Waals surface area contributed by atoms with E-state index in [9.17, 15) is 14.9 Å². The van der Waals surface area contributed by atoms with E-state index >= 15 is 0 Å². The van der Waals surface area contributed by atoms with Crippen LogP contribution in [0.5, 0.6) is 0 Å². The lowest BCUT2D eigenvalue weighted by atomic mass is 9.73. The largest absolute Gasteiger partial charge is 0.378 e. The van der Waals surface area contributed by atoms with Crippen LogP contribution in [0.25, 0.3) is 0 Å². The Bertz CT molecular complexity index is 892. The van der Waals surface area contributed by atoms with E-state index in [2.05, 4.69) is 23.5 Å². The van der Waals surface area contributed by atoms with Crippen molar-refractivity contribution in [2.75, 3.05) is 26.3 Å². The number of carbonyl (C=O) groups excluding carboxylic acids is 1.